The molecule has 8 nitrogen and oxygen atoms in total. The van der Waals surface area contributed by atoms with E-state index in [0.717, 1.165) is 4.90 Å². The zero-order valence-electron chi connectivity index (χ0n) is 10.6. The Labute approximate surface area is 118 Å². The zero-order chi connectivity index (χ0) is 14.5. The van der Waals surface area contributed by atoms with E-state index in [4.69, 9.17) is 5.11 Å². The zero-order valence-corrected chi connectivity index (χ0v) is 11.4. The van der Waals surface area contributed by atoms with Gasteiger partial charge in [-0.3, -0.25) is 14.6 Å². The summed E-state index contributed by atoms with van der Waals surface area (Å²) in [5.74, 6) is -1.06. The first kappa shape index (κ1) is 14.1. The highest BCUT2D eigenvalue weighted by atomic mass is 32.2. The van der Waals surface area contributed by atoms with Crippen molar-refractivity contribution >= 4 is 23.5 Å². The summed E-state index contributed by atoms with van der Waals surface area (Å²) in [7, 11) is 0. The number of hydrogen-bond donors (Lipinski definition) is 1. The third-order valence-corrected chi connectivity index (χ3v) is 3.29. The number of carboxylic acid groups (broad SMARTS) is 1. The first-order chi connectivity index (χ1) is 9.60. The lowest BCUT2D eigenvalue weighted by Crippen LogP contribution is -2.11. The predicted molar refractivity (Wildman–Crippen MR) is 68.4 cm³/mol. The summed E-state index contributed by atoms with van der Waals surface area (Å²) >= 11 is 1.18. The molecule has 0 unspecified atom stereocenters. The van der Waals surface area contributed by atoms with Gasteiger partial charge in [0.05, 0.1) is 0 Å². The summed E-state index contributed by atoms with van der Waals surface area (Å²) in [5, 5.41) is 19.8. The van der Waals surface area contributed by atoms with Crippen LogP contribution >= 0.6 is 11.8 Å². The molecule has 0 saturated carbocycles. The van der Waals surface area contributed by atoms with E-state index in [1.54, 1.807) is 19.1 Å². The number of carbonyl (C=O) groups excluding carboxylic acids is 1. The molecule has 104 valence electrons. The quantitative estimate of drug-likeness (QED) is 0.782. The Hall–Kier alpha value is -2.29. The fourth-order valence-corrected chi connectivity index (χ4v) is 2.13. The summed E-state index contributed by atoms with van der Waals surface area (Å²) < 4.78 is 1.18. The summed E-state index contributed by atoms with van der Waals surface area (Å²) in [6.45, 7) is 1.46. The average Bonchev–Trinajstić information content (AvgIpc) is 2.85. The molecule has 0 spiro atoms. The fraction of sp³-hybridized carbons (Fsp3) is 0.273. The monoisotopic (exact) mass is 293 g/mol. The van der Waals surface area contributed by atoms with E-state index in [0.29, 0.717) is 17.3 Å². The number of aliphatic carboxylic acids is 1. The van der Waals surface area contributed by atoms with Crippen LogP contribution in [0.1, 0.15) is 23.8 Å². The topological polar surface area (TPSA) is 111 Å². The first-order valence-corrected chi connectivity index (χ1v) is 6.57. The lowest BCUT2D eigenvalue weighted by molar-refractivity contribution is -0.138. The molecule has 0 radical (unpaired) electrons. The molecular weight excluding hydrogens is 282 g/mol. The Kier molecular flexibility index (Phi) is 4.41. The summed E-state index contributed by atoms with van der Waals surface area (Å²) in [6, 6.07) is 3.35. The molecule has 0 aliphatic rings. The largest absolute Gasteiger partial charge is 0.480 e. The Bertz CT molecular complexity index is 625. The standard InChI is InChI=1S/C11H11N5O3S/c1-2-9(17)8-4-3-7(5-12-8)20-11-13-14-15-16(11)6-10(18)19/h3-5H,2,6H2,1H3,(H,18,19). The lowest BCUT2D eigenvalue weighted by atomic mass is 10.2. The third-order valence-electron chi connectivity index (χ3n) is 2.34. The molecule has 0 aromatic carbocycles. The Balaban J connectivity index is 2.12. The number of hydrogen-bond acceptors (Lipinski definition) is 7. The van der Waals surface area contributed by atoms with Crippen molar-refractivity contribution < 1.29 is 14.7 Å². The lowest BCUT2D eigenvalue weighted by Gasteiger charge is -2.02. The van der Waals surface area contributed by atoms with E-state index in [2.05, 4.69) is 20.5 Å². The van der Waals surface area contributed by atoms with Crippen molar-refractivity contribution in [2.75, 3.05) is 0 Å². The van der Waals surface area contributed by atoms with Gasteiger partial charge in [0.2, 0.25) is 5.16 Å². The minimum absolute atomic E-state index is 0.0303. The number of ketones is 1. The Morgan fingerprint density at radius 1 is 1.40 bits per heavy atom. The van der Waals surface area contributed by atoms with Crippen molar-refractivity contribution in [3.8, 4) is 0 Å². The van der Waals surface area contributed by atoms with Crippen LogP contribution in [0.25, 0.3) is 0 Å². The molecule has 0 fully saturated rings. The molecule has 0 aliphatic carbocycles. The van der Waals surface area contributed by atoms with E-state index < -0.39 is 5.97 Å². The van der Waals surface area contributed by atoms with Gasteiger partial charge < -0.3 is 5.11 Å². The normalized spacial score (nSPS) is 10.4. The molecule has 0 amide bonds. The number of pyridine rings is 1. The summed E-state index contributed by atoms with van der Waals surface area (Å²) in [4.78, 5) is 26.9. The molecule has 1 N–H and O–H groups in total. The van der Waals surface area contributed by atoms with E-state index in [-0.39, 0.29) is 12.3 Å². The molecule has 2 aromatic rings. The molecule has 20 heavy (non-hydrogen) atoms. The van der Waals surface area contributed by atoms with Gasteiger partial charge in [0, 0.05) is 17.5 Å². The van der Waals surface area contributed by atoms with Crippen LogP contribution in [0.15, 0.2) is 28.4 Å². The van der Waals surface area contributed by atoms with Crippen molar-refractivity contribution in [1.29, 1.82) is 0 Å². The maximum absolute atomic E-state index is 11.4. The number of nitrogens with zero attached hydrogens (tertiary/aromatic N) is 5. The molecule has 0 atom stereocenters. The second-order valence-corrected chi connectivity index (χ2v) is 4.81. The van der Waals surface area contributed by atoms with Crippen molar-refractivity contribution in [2.24, 2.45) is 0 Å². The second kappa shape index (κ2) is 6.24. The summed E-state index contributed by atoms with van der Waals surface area (Å²) in [6.07, 6.45) is 1.93. The van der Waals surface area contributed by atoms with Gasteiger partial charge in [-0.15, -0.1) is 5.10 Å². The van der Waals surface area contributed by atoms with Crippen LogP contribution < -0.4 is 0 Å². The molecule has 2 aromatic heterocycles. The number of aromatic nitrogens is 5. The Morgan fingerprint density at radius 3 is 2.80 bits per heavy atom. The maximum Gasteiger partial charge on any atom is 0.325 e. The van der Waals surface area contributed by atoms with Crippen molar-refractivity contribution in [2.45, 2.75) is 29.9 Å². The number of carbonyl (C=O) groups is 2. The van der Waals surface area contributed by atoms with Gasteiger partial charge in [-0.05, 0) is 34.3 Å². The van der Waals surface area contributed by atoms with Gasteiger partial charge in [0.1, 0.15) is 12.2 Å². The van der Waals surface area contributed by atoms with E-state index in [1.807, 2.05) is 0 Å². The van der Waals surface area contributed by atoms with E-state index in [9.17, 15) is 9.59 Å². The van der Waals surface area contributed by atoms with Crippen LogP contribution in [-0.2, 0) is 11.3 Å². The highest BCUT2D eigenvalue weighted by Gasteiger charge is 2.12. The van der Waals surface area contributed by atoms with E-state index >= 15 is 0 Å². The van der Waals surface area contributed by atoms with Crippen molar-refractivity contribution in [3.63, 3.8) is 0 Å². The molecule has 0 bridgehead atoms. The molecule has 0 aliphatic heterocycles. The average molecular weight is 293 g/mol. The number of Topliss-reactive ketones (excluding diaryl/α,β-unsaturated/α-hetero) is 1. The highest BCUT2D eigenvalue weighted by molar-refractivity contribution is 7.99. The van der Waals surface area contributed by atoms with Gasteiger partial charge in [0.25, 0.3) is 0 Å². The number of tetrazole rings is 1. The minimum atomic E-state index is -1.03. The van der Waals surface area contributed by atoms with E-state index in [1.165, 1.54) is 22.6 Å². The van der Waals surface area contributed by atoms with Crippen LogP contribution in [0.2, 0.25) is 0 Å². The first-order valence-electron chi connectivity index (χ1n) is 5.75. The van der Waals surface area contributed by atoms with Crippen LogP contribution in [-0.4, -0.2) is 42.1 Å². The summed E-state index contributed by atoms with van der Waals surface area (Å²) in [5.41, 5.74) is 0.405. The number of carboxylic acids is 1. The fourth-order valence-electron chi connectivity index (χ4n) is 1.39. The SMILES string of the molecule is CCC(=O)c1ccc(Sc2nnnn2CC(=O)O)cn1. The second-order valence-electron chi connectivity index (χ2n) is 3.77. The molecular formula is C11H11N5O3S. The van der Waals surface area contributed by atoms with Crippen LogP contribution in [0.5, 0.6) is 0 Å². The maximum atomic E-state index is 11.4. The molecule has 0 saturated heterocycles. The van der Waals surface area contributed by atoms with Gasteiger partial charge in [-0.25, -0.2) is 4.68 Å². The Morgan fingerprint density at radius 2 is 2.20 bits per heavy atom. The predicted octanol–water partition coefficient (Wildman–Crippen LogP) is 0.897. The smallest absolute Gasteiger partial charge is 0.325 e. The van der Waals surface area contributed by atoms with Crippen molar-refractivity contribution in [1.82, 2.24) is 25.2 Å². The van der Waals surface area contributed by atoms with Crippen LogP contribution in [0, 0.1) is 0 Å². The van der Waals surface area contributed by atoms with Gasteiger partial charge in [-0.2, -0.15) is 0 Å². The molecule has 9 heteroatoms. The van der Waals surface area contributed by atoms with Crippen LogP contribution in [0.4, 0.5) is 0 Å². The van der Waals surface area contributed by atoms with Gasteiger partial charge in [-0.1, -0.05) is 6.92 Å². The third kappa shape index (κ3) is 3.38. The van der Waals surface area contributed by atoms with Crippen molar-refractivity contribution in [3.05, 3.63) is 24.0 Å². The number of rotatable bonds is 6. The molecule has 2 rings (SSSR count). The molecule has 2 heterocycles. The van der Waals surface area contributed by atoms with Gasteiger partial charge >= 0.3 is 5.97 Å². The highest BCUT2D eigenvalue weighted by Crippen LogP contribution is 2.24. The van der Waals surface area contributed by atoms with Crippen LogP contribution in [0.3, 0.4) is 0 Å². The minimum Gasteiger partial charge on any atom is -0.480 e. The van der Waals surface area contributed by atoms with Gasteiger partial charge in [0.15, 0.2) is 5.78 Å².